The maximum absolute atomic E-state index is 12.9. The Labute approximate surface area is 151 Å². The van der Waals surface area contributed by atoms with Gasteiger partial charge < -0.3 is 10.2 Å². The van der Waals surface area contributed by atoms with E-state index in [1.165, 1.54) is 10.6 Å². The van der Waals surface area contributed by atoms with E-state index in [-0.39, 0.29) is 30.7 Å². The van der Waals surface area contributed by atoms with E-state index in [9.17, 15) is 18.0 Å². The fourth-order valence-corrected chi connectivity index (χ4v) is 4.42. The van der Waals surface area contributed by atoms with E-state index in [1.54, 1.807) is 0 Å². The lowest BCUT2D eigenvalue weighted by Gasteiger charge is -2.33. The van der Waals surface area contributed by atoms with Gasteiger partial charge in [-0.2, -0.15) is 0 Å². The Morgan fingerprint density at radius 3 is 2.40 bits per heavy atom. The van der Waals surface area contributed by atoms with Crippen LogP contribution in [0.15, 0.2) is 0 Å². The van der Waals surface area contributed by atoms with Crippen molar-refractivity contribution >= 4 is 21.8 Å². The quantitative estimate of drug-likeness (QED) is 0.776. The molecule has 0 saturated carbocycles. The highest BCUT2D eigenvalue weighted by Gasteiger charge is 2.28. The van der Waals surface area contributed by atoms with Gasteiger partial charge in [-0.15, -0.1) is 0 Å². The molecule has 0 aromatic heterocycles. The van der Waals surface area contributed by atoms with E-state index in [4.69, 9.17) is 0 Å². The number of nitrogens with zero attached hydrogens (tertiary/aromatic N) is 2. The van der Waals surface area contributed by atoms with Crippen molar-refractivity contribution in [3.8, 4) is 0 Å². The van der Waals surface area contributed by atoms with Crippen LogP contribution in [0.25, 0.3) is 0 Å². The van der Waals surface area contributed by atoms with Crippen LogP contribution in [0.2, 0.25) is 0 Å². The van der Waals surface area contributed by atoms with Gasteiger partial charge in [0, 0.05) is 45.1 Å². The molecule has 2 fully saturated rings. The molecule has 2 aliphatic heterocycles. The number of hydrogen-bond acceptors (Lipinski definition) is 4. The Morgan fingerprint density at radius 2 is 1.76 bits per heavy atom. The summed E-state index contributed by atoms with van der Waals surface area (Å²) in [5.74, 6) is 0.521. The van der Waals surface area contributed by atoms with Crippen molar-refractivity contribution in [3.63, 3.8) is 0 Å². The van der Waals surface area contributed by atoms with Gasteiger partial charge in [0.2, 0.25) is 21.8 Å². The number of rotatable bonds is 2. The average Bonchev–Trinajstić information content (AvgIpc) is 2.58. The topological polar surface area (TPSA) is 86.8 Å². The number of likely N-dealkylation sites (tertiary alicyclic amines) is 1. The Hall–Kier alpha value is -1.15. The summed E-state index contributed by atoms with van der Waals surface area (Å²) in [5.41, 5.74) is 0. The van der Waals surface area contributed by atoms with Gasteiger partial charge in [-0.1, -0.05) is 6.92 Å². The number of hydrogen-bond donors (Lipinski definition) is 1. The minimum Gasteiger partial charge on any atom is -0.356 e. The highest BCUT2D eigenvalue weighted by Crippen LogP contribution is 2.22. The first-order valence-corrected chi connectivity index (χ1v) is 11.1. The van der Waals surface area contributed by atoms with Crippen molar-refractivity contribution in [2.45, 2.75) is 45.4 Å². The van der Waals surface area contributed by atoms with Gasteiger partial charge in [-0.3, -0.25) is 9.59 Å². The summed E-state index contributed by atoms with van der Waals surface area (Å²) in [6, 6.07) is 0. The zero-order chi connectivity index (χ0) is 18.4. The third-order valence-electron chi connectivity index (χ3n) is 5.28. The molecule has 8 heteroatoms. The highest BCUT2D eigenvalue weighted by atomic mass is 32.2. The summed E-state index contributed by atoms with van der Waals surface area (Å²) in [5, 5.41) is 2.82. The van der Waals surface area contributed by atoms with Gasteiger partial charge in [0.25, 0.3) is 0 Å². The summed E-state index contributed by atoms with van der Waals surface area (Å²) >= 11 is 0. The molecule has 2 amide bonds. The summed E-state index contributed by atoms with van der Waals surface area (Å²) in [6.07, 6.45) is 5.33. The second-order valence-corrected chi connectivity index (χ2v) is 9.38. The van der Waals surface area contributed by atoms with Crippen molar-refractivity contribution < 1.29 is 18.0 Å². The van der Waals surface area contributed by atoms with E-state index in [1.807, 2.05) is 4.90 Å². The Bertz CT molecular complexity index is 570. The zero-order valence-corrected chi connectivity index (χ0v) is 16.2. The normalized spacial score (nSPS) is 25.9. The smallest absolute Gasteiger partial charge is 0.225 e. The summed E-state index contributed by atoms with van der Waals surface area (Å²) in [6.45, 7) is 4.86. The highest BCUT2D eigenvalue weighted by molar-refractivity contribution is 7.88. The summed E-state index contributed by atoms with van der Waals surface area (Å²) in [4.78, 5) is 26.7. The molecule has 1 unspecified atom stereocenters. The van der Waals surface area contributed by atoms with Crippen molar-refractivity contribution in [1.82, 2.24) is 14.5 Å². The minimum absolute atomic E-state index is 0.145. The molecule has 0 aliphatic carbocycles. The van der Waals surface area contributed by atoms with Crippen molar-refractivity contribution in [2.75, 3.05) is 39.0 Å². The molecular formula is C17H31N3O4S. The van der Waals surface area contributed by atoms with Crippen LogP contribution in [-0.2, 0) is 19.6 Å². The molecule has 2 rings (SSSR count). The molecule has 144 valence electrons. The van der Waals surface area contributed by atoms with Gasteiger partial charge in [-0.05, 0) is 38.0 Å². The molecule has 7 nitrogen and oxygen atoms in total. The number of nitrogens with one attached hydrogen (secondary N) is 1. The van der Waals surface area contributed by atoms with E-state index < -0.39 is 10.0 Å². The van der Waals surface area contributed by atoms with E-state index in [2.05, 4.69) is 12.2 Å². The van der Waals surface area contributed by atoms with Crippen molar-refractivity contribution in [2.24, 2.45) is 11.8 Å². The zero-order valence-electron chi connectivity index (χ0n) is 15.4. The van der Waals surface area contributed by atoms with Crippen LogP contribution in [0, 0.1) is 11.8 Å². The van der Waals surface area contributed by atoms with Gasteiger partial charge in [-0.25, -0.2) is 12.7 Å². The predicted octanol–water partition coefficient (Wildman–Crippen LogP) is 0.813. The maximum Gasteiger partial charge on any atom is 0.225 e. The first-order valence-electron chi connectivity index (χ1n) is 9.28. The van der Waals surface area contributed by atoms with Crippen molar-refractivity contribution in [1.29, 1.82) is 0 Å². The molecule has 0 bridgehead atoms. The molecule has 2 heterocycles. The Kier molecular flexibility index (Phi) is 7.25. The van der Waals surface area contributed by atoms with Gasteiger partial charge >= 0.3 is 0 Å². The molecule has 25 heavy (non-hydrogen) atoms. The Balaban J connectivity index is 2.01. The van der Waals surface area contributed by atoms with Crippen LogP contribution in [0.1, 0.15) is 45.4 Å². The lowest BCUT2D eigenvalue weighted by atomic mass is 9.94. The third kappa shape index (κ3) is 6.26. The molecule has 0 aromatic rings. The first-order chi connectivity index (χ1) is 11.8. The lowest BCUT2D eigenvalue weighted by Crippen LogP contribution is -2.42. The molecule has 0 spiro atoms. The maximum atomic E-state index is 12.9. The SMILES string of the molecule is CC1CCN(C(=O)C2CCCN(S(C)(=O)=O)CCC(=O)NCC2)CC1. The van der Waals surface area contributed by atoms with E-state index in [0.717, 1.165) is 25.9 Å². The van der Waals surface area contributed by atoms with E-state index >= 15 is 0 Å². The second kappa shape index (κ2) is 8.98. The molecular weight excluding hydrogens is 342 g/mol. The summed E-state index contributed by atoms with van der Waals surface area (Å²) < 4.78 is 25.1. The van der Waals surface area contributed by atoms with Crippen molar-refractivity contribution in [3.05, 3.63) is 0 Å². The van der Waals surface area contributed by atoms with Gasteiger partial charge in [0.1, 0.15) is 0 Å². The molecule has 0 radical (unpaired) electrons. The number of piperidine rings is 1. The fraction of sp³-hybridized carbons (Fsp3) is 0.882. The van der Waals surface area contributed by atoms with Crippen LogP contribution in [0.5, 0.6) is 0 Å². The predicted molar refractivity (Wildman–Crippen MR) is 96.4 cm³/mol. The Morgan fingerprint density at radius 1 is 1.08 bits per heavy atom. The number of amides is 2. The largest absolute Gasteiger partial charge is 0.356 e. The van der Waals surface area contributed by atoms with Crippen LogP contribution < -0.4 is 5.32 Å². The molecule has 1 N–H and O–H groups in total. The average molecular weight is 374 g/mol. The second-order valence-electron chi connectivity index (χ2n) is 7.40. The molecule has 2 aliphatic rings. The monoisotopic (exact) mass is 373 g/mol. The number of carbonyl (C=O) groups is 2. The van der Waals surface area contributed by atoms with Gasteiger partial charge in [0.05, 0.1) is 6.26 Å². The molecule has 0 aromatic carbocycles. The van der Waals surface area contributed by atoms with Crippen LogP contribution in [-0.4, -0.2) is 68.4 Å². The van der Waals surface area contributed by atoms with Gasteiger partial charge in [0.15, 0.2) is 0 Å². The first kappa shape index (κ1) is 20.2. The molecule has 2 saturated heterocycles. The number of carbonyl (C=O) groups excluding carboxylic acids is 2. The fourth-order valence-electron chi connectivity index (χ4n) is 3.54. The van der Waals surface area contributed by atoms with Crippen LogP contribution in [0.3, 0.4) is 0 Å². The standard InChI is InChI=1S/C17H31N3O4S/c1-14-6-11-19(12-7-14)17(22)15-4-3-10-20(25(2,23)24)13-8-16(21)18-9-5-15/h14-15H,3-13H2,1-2H3,(H,18,21). The minimum atomic E-state index is -3.34. The van der Waals surface area contributed by atoms with Crippen LogP contribution >= 0.6 is 0 Å². The van der Waals surface area contributed by atoms with Crippen LogP contribution in [0.4, 0.5) is 0 Å². The molecule has 1 atom stereocenters. The lowest BCUT2D eigenvalue weighted by molar-refractivity contribution is -0.137. The third-order valence-corrected chi connectivity index (χ3v) is 6.58. The number of sulfonamides is 1. The summed E-state index contributed by atoms with van der Waals surface area (Å²) in [7, 11) is -3.34. The van der Waals surface area contributed by atoms with E-state index in [0.29, 0.717) is 38.3 Å².